The maximum Gasteiger partial charge on any atom is 0.0934 e. The van der Waals surface area contributed by atoms with E-state index in [-0.39, 0.29) is 0 Å². The molecular formula is C16H13ClN2S. The Morgan fingerprint density at radius 3 is 3.15 bits per heavy atom. The molecule has 0 spiro atoms. The van der Waals surface area contributed by atoms with Gasteiger partial charge >= 0.3 is 0 Å². The van der Waals surface area contributed by atoms with Crippen LogP contribution in [0.15, 0.2) is 42.6 Å². The molecule has 1 unspecified atom stereocenters. The number of fused-ring (bicyclic) bond motifs is 2. The number of nitrogens with one attached hydrogen (secondary N) is 1. The molecule has 0 saturated heterocycles. The third-order valence-electron chi connectivity index (χ3n) is 3.79. The van der Waals surface area contributed by atoms with Gasteiger partial charge in [-0.05, 0) is 48.7 Å². The van der Waals surface area contributed by atoms with Gasteiger partial charge in [-0.3, -0.25) is 4.98 Å². The van der Waals surface area contributed by atoms with Crippen molar-refractivity contribution in [1.29, 1.82) is 0 Å². The molecule has 2 heterocycles. The first-order valence-corrected chi connectivity index (χ1v) is 7.88. The number of hydrogen-bond donors (Lipinski definition) is 1. The van der Waals surface area contributed by atoms with Gasteiger partial charge in [0.05, 0.1) is 15.9 Å². The van der Waals surface area contributed by atoms with Crippen LogP contribution in [0.3, 0.4) is 0 Å². The summed E-state index contributed by atoms with van der Waals surface area (Å²) in [6.45, 7) is 0. The maximum atomic E-state index is 6.11. The maximum absolute atomic E-state index is 6.11. The molecule has 1 atom stereocenters. The van der Waals surface area contributed by atoms with E-state index in [1.807, 2.05) is 12.3 Å². The van der Waals surface area contributed by atoms with Crippen LogP contribution in [0.25, 0.3) is 10.9 Å². The van der Waals surface area contributed by atoms with E-state index in [0.717, 1.165) is 28.4 Å². The van der Waals surface area contributed by atoms with Crippen molar-refractivity contribution in [2.45, 2.75) is 18.9 Å². The Hall–Kier alpha value is -1.58. The van der Waals surface area contributed by atoms with Gasteiger partial charge in [0, 0.05) is 22.1 Å². The Bertz CT molecular complexity index is 781. The Balaban J connectivity index is 1.65. The normalized spacial score (nSPS) is 17.4. The quantitative estimate of drug-likeness (QED) is 0.716. The van der Waals surface area contributed by atoms with Gasteiger partial charge in [0.2, 0.25) is 0 Å². The lowest BCUT2D eigenvalue weighted by Gasteiger charge is -2.15. The van der Waals surface area contributed by atoms with E-state index >= 15 is 0 Å². The number of halogens is 1. The Labute approximate surface area is 126 Å². The van der Waals surface area contributed by atoms with Gasteiger partial charge in [-0.25, -0.2) is 0 Å². The molecule has 4 heteroatoms. The SMILES string of the molecule is Clc1cc2c(s1)CCC2Nc1ccc2ncccc2c1. The topological polar surface area (TPSA) is 24.9 Å². The first-order valence-electron chi connectivity index (χ1n) is 6.69. The fourth-order valence-electron chi connectivity index (χ4n) is 2.85. The second kappa shape index (κ2) is 4.76. The summed E-state index contributed by atoms with van der Waals surface area (Å²) in [4.78, 5) is 5.78. The van der Waals surface area contributed by atoms with Gasteiger partial charge in [0.1, 0.15) is 0 Å². The second-order valence-corrected chi connectivity index (χ2v) is 6.84. The van der Waals surface area contributed by atoms with E-state index in [2.05, 4.69) is 40.6 Å². The summed E-state index contributed by atoms with van der Waals surface area (Å²) in [7, 11) is 0. The molecule has 0 radical (unpaired) electrons. The Morgan fingerprint density at radius 1 is 1.25 bits per heavy atom. The summed E-state index contributed by atoms with van der Waals surface area (Å²) >= 11 is 7.82. The Morgan fingerprint density at radius 2 is 2.20 bits per heavy atom. The molecule has 0 bridgehead atoms. The molecule has 1 N–H and O–H groups in total. The molecule has 0 aliphatic heterocycles. The Kier molecular flexibility index (Phi) is 2.90. The molecule has 20 heavy (non-hydrogen) atoms. The highest BCUT2D eigenvalue weighted by Gasteiger charge is 2.24. The van der Waals surface area contributed by atoms with Crippen LogP contribution in [0, 0.1) is 0 Å². The summed E-state index contributed by atoms with van der Waals surface area (Å²) < 4.78 is 0.893. The van der Waals surface area contributed by atoms with E-state index in [9.17, 15) is 0 Å². The highest BCUT2D eigenvalue weighted by Crippen LogP contribution is 2.41. The van der Waals surface area contributed by atoms with Crippen molar-refractivity contribution in [2.75, 3.05) is 5.32 Å². The molecule has 4 rings (SSSR count). The number of benzene rings is 1. The second-order valence-electron chi connectivity index (χ2n) is 5.08. The predicted molar refractivity (Wildman–Crippen MR) is 85.8 cm³/mol. The minimum absolute atomic E-state index is 0.378. The average Bonchev–Trinajstić information content (AvgIpc) is 2.99. The zero-order valence-electron chi connectivity index (χ0n) is 10.8. The predicted octanol–water partition coefficient (Wildman–Crippen LogP) is 5.05. The van der Waals surface area contributed by atoms with E-state index in [1.54, 1.807) is 11.3 Å². The fraction of sp³-hybridized carbons (Fsp3) is 0.188. The third kappa shape index (κ3) is 2.07. The van der Waals surface area contributed by atoms with Crippen LogP contribution < -0.4 is 5.32 Å². The van der Waals surface area contributed by atoms with Crippen LogP contribution in [0.5, 0.6) is 0 Å². The number of thiophene rings is 1. The largest absolute Gasteiger partial charge is 0.378 e. The van der Waals surface area contributed by atoms with E-state index in [4.69, 9.17) is 11.6 Å². The minimum Gasteiger partial charge on any atom is -0.378 e. The number of hydrogen-bond acceptors (Lipinski definition) is 3. The zero-order valence-corrected chi connectivity index (χ0v) is 12.3. The molecular weight excluding hydrogens is 288 g/mol. The summed E-state index contributed by atoms with van der Waals surface area (Å²) in [5.74, 6) is 0. The van der Waals surface area contributed by atoms with E-state index < -0.39 is 0 Å². The fourth-order valence-corrected chi connectivity index (χ4v) is 4.20. The summed E-state index contributed by atoms with van der Waals surface area (Å²) in [5, 5.41) is 4.79. The zero-order chi connectivity index (χ0) is 13.5. The first kappa shape index (κ1) is 12.2. The van der Waals surface area contributed by atoms with Crippen LogP contribution in [0.1, 0.15) is 22.9 Å². The van der Waals surface area contributed by atoms with Crippen LogP contribution in [-0.4, -0.2) is 4.98 Å². The molecule has 0 saturated carbocycles. The highest BCUT2D eigenvalue weighted by atomic mass is 35.5. The molecule has 1 aliphatic carbocycles. The van der Waals surface area contributed by atoms with Crippen LogP contribution in [0.2, 0.25) is 4.34 Å². The van der Waals surface area contributed by atoms with Gasteiger partial charge in [-0.15, -0.1) is 11.3 Å². The number of pyridine rings is 1. The van der Waals surface area contributed by atoms with Gasteiger partial charge in [-0.2, -0.15) is 0 Å². The van der Waals surface area contributed by atoms with Crippen molar-refractivity contribution >= 4 is 39.5 Å². The van der Waals surface area contributed by atoms with Crippen molar-refractivity contribution < 1.29 is 0 Å². The standard InChI is InChI=1S/C16H13ClN2S/c17-16-9-12-14(5-6-15(12)20-16)19-11-3-4-13-10(8-11)2-1-7-18-13/h1-4,7-9,14,19H,5-6H2. The first-order chi connectivity index (χ1) is 9.79. The lowest BCUT2D eigenvalue weighted by molar-refractivity contribution is 0.762. The van der Waals surface area contributed by atoms with E-state index in [1.165, 1.54) is 15.8 Å². The summed E-state index contributed by atoms with van der Waals surface area (Å²) in [6, 6.07) is 12.9. The number of aryl methyl sites for hydroxylation is 1. The summed E-state index contributed by atoms with van der Waals surface area (Å²) in [6.07, 6.45) is 4.09. The van der Waals surface area contributed by atoms with Crippen LogP contribution in [0.4, 0.5) is 5.69 Å². The average molecular weight is 301 g/mol. The number of aromatic nitrogens is 1. The molecule has 2 aromatic heterocycles. The number of rotatable bonds is 2. The van der Waals surface area contributed by atoms with Crippen molar-refractivity contribution in [3.05, 3.63) is 57.4 Å². The summed E-state index contributed by atoms with van der Waals surface area (Å²) in [5.41, 5.74) is 3.54. The molecule has 100 valence electrons. The van der Waals surface area contributed by atoms with Crippen LogP contribution >= 0.6 is 22.9 Å². The van der Waals surface area contributed by atoms with Gasteiger partial charge < -0.3 is 5.32 Å². The van der Waals surface area contributed by atoms with Gasteiger partial charge in [-0.1, -0.05) is 17.7 Å². The molecule has 1 aromatic carbocycles. The van der Waals surface area contributed by atoms with Gasteiger partial charge in [0.25, 0.3) is 0 Å². The molecule has 0 fully saturated rings. The number of anilines is 1. The molecule has 2 nitrogen and oxygen atoms in total. The highest BCUT2D eigenvalue weighted by molar-refractivity contribution is 7.16. The van der Waals surface area contributed by atoms with E-state index in [0.29, 0.717) is 6.04 Å². The minimum atomic E-state index is 0.378. The monoisotopic (exact) mass is 300 g/mol. The lowest BCUT2D eigenvalue weighted by atomic mass is 10.1. The molecule has 0 amide bonds. The molecule has 3 aromatic rings. The smallest absolute Gasteiger partial charge is 0.0934 e. The van der Waals surface area contributed by atoms with Crippen molar-refractivity contribution in [1.82, 2.24) is 4.98 Å². The van der Waals surface area contributed by atoms with Gasteiger partial charge in [0.15, 0.2) is 0 Å². The number of nitrogens with zero attached hydrogens (tertiary/aromatic N) is 1. The third-order valence-corrected chi connectivity index (χ3v) is 5.13. The molecule has 1 aliphatic rings. The van der Waals surface area contributed by atoms with Crippen LogP contribution in [-0.2, 0) is 6.42 Å². The van der Waals surface area contributed by atoms with Crippen molar-refractivity contribution in [3.8, 4) is 0 Å². The van der Waals surface area contributed by atoms with Crippen molar-refractivity contribution in [2.24, 2.45) is 0 Å². The lowest BCUT2D eigenvalue weighted by Crippen LogP contribution is -2.06. The van der Waals surface area contributed by atoms with Crippen molar-refractivity contribution in [3.63, 3.8) is 0 Å².